The lowest BCUT2D eigenvalue weighted by molar-refractivity contribution is -0.122. The molecule has 1 fully saturated rings. The van der Waals surface area contributed by atoms with Crippen LogP contribution in [0.2, 0.25) is 0 Å². The molecule has 1 rings (SSSR count). The molecule has 0 aromatic heterocycles. The quantitative estimate of drug-likeness (QED) is 0.663. The van der Waals surface area contributed by atoms with Gasteiger partial charge < -0.3 is 11.1 Å². The molecule has 3 N–H and O–H groups in total. The van der Waals surface area contributed by atoms with Crippen molar-refractivity contribution in [2.45, 2.75) is 25.3 Å². The van der Waals surface area contributed by atoms with Crippen molar-refractivity contribution in [2.75, 3.05) is 18.6 Å². The number of carbonyl (C=O) groups is 1. The number of hydrogen-bond acceptors (Lipinski definition) is 3. The second kappa shape index (κ2) is 5.50. The third-order valence-corrected chi connectivity index (χ3v) is 2.88. The molecule has 0 heterocycles. The van der Waals surface area contributed by atoms with Crippen molar-refractivity contribution in [3.05, 3.63) is 0 Å². The third kappa shape index (κ3) is 4.52. The van der Waals surface area contributed by atoms with Gasteiger partial charge in [-0.05, 0) is 37.2 Å². The highest BCUT2D eigenvalue weighted by molar-refractivity contribution is 7.98. The zero-order valence-corrected chi connectivity index (χ0v) is 8.90. The van der Waals surface area contributed by atoms with Crippen LogP contribution in [0, 0.1) is 5.92 Å². The maximum atomic E-state index is 11.3. The molecule has 1 atom stereocenters. The van der Waals surface area contributed by atoms with Crippen molar-refractivity contribution in [1.29, 1.82) is 0 Å². The van der Waals surface area contributed by atoms with Gasteiger partial charge in [-0.1, -0.05) is 0 Å². The van der Waals surface area contributed by atoms with Crippen LogP contribution >= 0.6 is 11.8 Å². The van der Waals surface area contributed by atoms with E-state index in [2.05, 4.69) is 5.32 Å². The summed E-state index contributed by atoms with van der Waals surface area (Å²) >= 11 is 1.72. The van der Waals surface area contributed by atoms with Gasteiger partial charge in [0.2, 0.25) is 5.91 Å². The Morgan fingerprint density at radius 3 is 2.92 bits per heavy atom. The summed E-state index contributed by atoms with van der Waals surface area (Å²) in [4.78, 5) is 11.3. The molecule has 0 aromatic rings. The first kappa shape index (κ1) is 10.9. The van der Waals surface area contributed by atoms with E-state index < -0.39 is 0 Å². The van der Waals surface area contributed by atoms with E-state index >= 15 is 0 Å². The summed E-state index contributed by atoms with van der Waals surface area (Å²) in [7, 11) is 0. The Morgan fingerprint density at radius 2 is 2.38 bits per heavy atom. The Hall–Kier alpha value is -0.220. The monoisotopic (exact) mass is 202 g/mol. The minimum Gasteiger partial charge on any atom is -0.354 e. The number of thioether (sulfide) groups is 1. The average molecular weight is 202 g/mol. The smallest absolute Gasteiger partial charge is 0.236 e. The number of hydrogen-bond donors (Lipinski definition) is 2. The van der Waals surface area contributed by atoms with E-state index in [0.29, 0.717) is 0 Å². The lowest BCUT2D eigenvalue weighted by Gasteiger charge is -2.10. The number of nitrogens with one attached hydrogen (secondary N) is 1. The van der Waals surface area contributed by atoms with E-state index in [1.165, 1.54) is 12.8 Å². The highest BCUT2D eigenvalue weighted by Gasteiger charge is 2.22. The second-order valence-electron chi connectivity index (χ2n) is 3.58. The van der Waals surface area contributed by atoms with Crippen molar-refractivity contribution >= 4 is 17.7 Å². The zero-order valence-electron chi connectivity index (χ0n) is 8.08. The van der Waals surface area contributed by atoms with Gasteiger partial charge in [0, 0.05) is 6.54 Å². The molecule has 1 amide bonds. The van der Waals surface area contributed by atoms with Crippen molar-refractivity contribution in [2.24, 2.45) is 11.7 Å². The topological polar surface area (TPSA) is 55.1 Å². The predicted octanol–water partition coefficient (Wildman–Crippen LogP) is 0.593. The Labute approximate surface area is 83.8 Å². The molecule has 0 spiro atoms. The summed E-state index contributed by atoms with van der Waals surface area (Å²) < 4.78 is 0. The van der Waals surface area contributed by atoms with Gasteiger partial charge in [-0.3, -0.25) is 4.79 Å². The molecule has 0 radical (unpaired) electrons. The number of carbonyl (C=O) groups excluding carboxylic acids is 1. The van der Waals surface area contributed by atoms with E-state index in [9.17, 15) is 4.79 Å². The fourth-order valence-corrected chi connectivity index (χ4v) is 1.56. The Kier molecular flexibility index (Phi) is 4.59. The van der Waals surface area contributed by atoms with Gasteiger partial charge in [-0.2, -0.15) is 11.8 Å². The third-order valence-electron chi connectivity index (χ3n) is 2.23. The summed E-state index contributed by atoms with van der Waals surface area (Å²) in [5.74, 6) is 1.70. The largest absolute Gasteiger partial charge is 0.354 e. The molecular formula is C9H18N2OS. The normalized spacial score (nSPS) is 18.3. The SMILES string of the molecule is CSCC[C@H](N)C(=O)NCC1CC1. The van der Waals surface area contributed by atoms with Crippen LogP contribution in [0.1, 0.15) is 19.3 Å². The predicted molar refractivity (Wildman–Crippen MR) is 56.7 cm³/mol. The summed E-state index contributed by atoms with van der Waals surface area (Å²) in [6.45, 7) is 0.825. The minimum absolute atomic E-state index is 0.0148. The first-order valence-corrected chi connectivity index (χ1v) is 6.15. The fourth-order valence-electron chi connectivity index (χ4n) is 1.07. The van der Waals surface area contributed by atoms with Crippen LogP contribution in [0.5, 0.6) is 0 Å². The van der Waals surface area contributed by atoms with E-state index in [0.717, 1.165) is 24.6 Å². The number of nitrogens with two attached hydrogens (primary N) is 1. The van der Waals surface area contributed by atoms with Crippen molar-refractivity contribution in [1.82, 2.24) is 5.32 Å². The summed E-state index contributed by atoms with van der Waals surface area (Å²) in [5, 5.41) is 2.88. The Balaban J connectivity index is 2.05. The van der Waals surface area contributed by atoms with E-state index in [1.807, 2.05) is 6.26 Å². The standard InChI is InChI=1S/C9H18N2OS/c1-13-5-4-8(10)9(12)11-6-7-2-3-7/h7-8H,2-6,10H2,1H3,(H,11,12)/t8-/m0/s1. The van der Waals surface area contributed by atoms with Crippen LogP contribution in [0.4, 0.5) is 0 Å². The van der Waals surface area contributed by atoms with Crippen LogP contribution in [0.25, 0.3) is 0 Å². The van der Waals surface area contributed by atoms with Crippen LogP contribution in [0.3, 0.4) is 0 Å². The fraction of sp³-hybridized carbons (Fsp3) is 0.889. The number of amides is 1. The molecule has 3 nitrogen and oxygen atoms in total. The van der Waals surface area contributed by atoms with Gasteiger partial charge in [-0.25, -0.2) is 0 Å². The lowest BCUT2D eigenvalue weighted by Crippen LogP contribution is -2.41. The molecule has 76 valence electrons. The van der Waals surface area contributed by atoms with Crippen molar-refractivity contribution in [3.63, 3.8) is 0 Å². The second-order valence-corrected chi connectivity index (χ2v) is 4.56. The molecule has 0 bridgehead atoms. The van der Waals surface area contributed by atoms with Gasteiger partial charge in [0.25, 0.3) is 0 Å². The summed E-state index contributed by atoms with van der Waals surface area (Å²) in [6.07, 6.45) is 5.33. The van der Waals surface area contributed by atoms with Crippen LogP contribution in [-0.2, 0) is 4.79 Å². The van der Waals surface area contributed by atoms with Gasteiger partial charge in [0.1, 0.15) is 0 Å². The molecule has 0 aromatic carbocycles. The van der Waals surface area contributed by atoms with Gasteiger partial charge in [0.05, 0.1) is 6.04 Å². The summed E-state index contributed by atoms with van der Waals surface area (Å²) in [6, 6.07) is -0.314. The van der Waals surface area contributed by atoms with Crippen molar-refractivity contribution in [3.8, 4) is 0 Å². The first-order chi connectivity index (χ1) is 6.24. The summed E-state index contributed by atoms with van der Waals surface area (Å²) in [5.41, 5.74) is 5.68. The Bertz CT molecular complexity index is 171. The van der Waals surface area contributed by atoms with E-state index in [-0.39, 0.29) is 11.9 Å². The van der Waals surface area contributed by atoms with Crippen LogP contribution < -0.4 is 11.1 Å². The maximum absolute atomic E-state index is 11.3. The Morgan fingerprint density at radius 1 is 1.69 bits per heavy atom. The lowest BCUT2D eigenvalue weighted by atomic mass is 10.2. The van der Waals surface area contributed by atoms with Gasteiger partial charge >= 0.3 is 0 Å². The molecular weight excluding hydrogens is 184 g/mol. The van der Waals surface area contributed by atoms with Crippen molar-refractivity contribution < 1.29 is 4.79 Å². The zero-order chi connectivity index (χ0) is 9.68. The molecule has 1 saturated carbocycles. The molecule has 1 aliphatic rings. The molecule has 0 aliphatic heterocycles. The van der Waals surface area contributed by atoms with E-state index in [4.69, 9.17) is 5.73 Å². The van der Waals surface area contributed by atoms with Gasteiger partial charge in [-0.15, -0.1) is 0 Å². The molecule has 13 heavy (non-hydrogen) atoms. The molecule has 1 aliphatic carbocycles. The highest BCUT2D eigenvalue weighted by atomic mass is 32.2. The maximum Gasteiger partial charge on any atom is 0.236 e. The molecule has 0 unspecified atom stereocenters. The minimum atomic E-state index is -0.314. The van der Waals surface area contributed by atoms with E-state index in [1.54, 1.807) is 11.8 Å². The highest BCUT2D eigenvalue weighted by Crippen LogP contribution is 2.27. The number of rotatable bonds is 6. The van der Waals surface area contributed by atoms with Crippen LogP contribution in [-0.4, -0.2) is 30.5 Å². The molecule has 0 saturated heterocycles. The average Bonchev–Trinajstić information content (AvgIpc) is 2.93. The molecule has 4 heteroatoms. The van der Waals surface area contributed by atoms with Crippen LogP contribution in [0.15, 0.2) is 0 Å². The first-order valence-electron chi connectivity index (χ1n) is 4.76. The van der Waals surface area contributed by atoms with Gasteiger partial charge in [0.15, 0.2) is 0 Å².